The number of ether oxygens (including phenoxy) is 2. The fourth-order valence-corrected chi connectivity index (χ4v) is 5.43. The maximum Gasteiger partial charge on any atom is 0.217 e. The maximum atomic E-state index is 10.3. The summed E-state index contributed by atoms with van der Waals surface area (Å²) < 4.78 is 12.3. The molecule has 2 saturated heterocycles. The van der Waals surface area contributed by atoms with Crippen molar-refractivity contribution in [1.29, 1.82) is 21.2 Å². The van der Waals surface area contributed by atoms with Gasteiger partial charge in [-0.2, -0.15) is 15.8 Å². The standard InChI is InChI=1S/C21H21N5O2/c1-2-3-14-4-7-21-16(10-14)20(13-24,18(25)28-21)19(11-22,12-23)17(27-21)15-5-8-26-9-6-15/h5-6,8-9,14,16-17,25H,2-4,7,10H2,1H3. The Bertz CT molecular complexity index is 913. The molecule has 1 aromatic rings. The Morgan fingerprint density at radius 3 is 2.54 bits per heavy atom. The smallest absolute Gasteiger partial charge is 0.217 e. The largest absolute Gasteiger partial charge is 0.447 e. The topological polar surface area (TPSA) is 127 Å². The molecule has 5 unspecified atom stereocenters. The molecule has 1 saturated carbocycles. The van der Waals surface area contributed by atoms with Crippen molar-refractivity contribution >= 4 is 5.90 Å². The summed E-state index contributed by atoms with van der Waals surface area (Å²) >= 11 is 0. The second-order valence-electron chi connectivity index (χ2n) is 7.95. The number of nitrogens with zero attached hydrogens (tertiary/aromatic N) is 4. The summed E-state index contributed by atoms with van der Waals surface area (Å²) in [5.74, 6) is -1.60. The van der Waals surface area contributed by atoms with Gasteiger partial charge in [0.25, 0.3) is 0 Å². The van der Waals surface area contributed by atoms with Crippen LogP contribution in [0.15, 0.2) is 24.5 Å². The van der Waals surface area contributed by atoms with Crippen LogP contribution in [0.3, 0.4) is 0 Å². The molecule has 4 rings (SSSR count). The van der Waals surface area contributed by atoms with Crippen LogP contribution in [0.2, 0.25) is 0 Å². The Morgan fingerprint density at radius 2 is 1.93 bits per heavy atom. The van der Waals surface area contributed by atoms with Gasteiger partial charge in [0, 0.05) is 18.8 Å². The number of nitriles is 3. The van der Waals surface area contributed by atoms with Crippen molar-refractivity contribution in [2.75, 3.05) is 0 Å². The molecule has 1 N–H and O–H groups in total. The molecule has 3 fully saturated rings. The highest BCUT2D eigenvalue weighted by Gasteiger charge is 2.80. The molecule has 0 radical (unpaired) electrons. The molecule has 7 nitrogen and oxygen atoms in total. The normalized spacial score (nSPS) is 37.6. The molecule has 7 heteroatoms. The SMILES string of the molecule is CCCC1CCC23OC(=N)C(C#N)(C2C1)C(C#N)(C#N)C(c1ccncc1)O3. The fourth-order valence-electron chi connectivity index (χ4n) is 5.43. The first-order valence-corrected chi connectivity index (χ1v) is 9.63. The molecule has 1 aliphatic carbocycles. The lowest BCUT2D eigenvalue weighted by molar-refractivity contribution is -0.299. The highest BCUT2D eigenvalue weighted by atomic mass is 16.7. The number of nitrogens with one attached hydrogen (secondary N) is 1. The minimum Gasteiger partial charge on any atom is -0.447 e. The van der Waals surface area contributed by atoms with Gasteiger partial charge in [-0.3, -0.25) is 10.4 Å². The van der Waals surface area contributed by atoms with Gasteiger partial charge in [-0.15, -0.1) is 0 Å². The summed E-state index contributed by atoms with van der Waals surface area (Å²) in [6.07, 6.45) is 6.17. The molecule has 0 aromatic carbocycles. The van der Waals surface area contributed by atoms with Crippen molar-refractivity contribution in [2.45, 2.75) is 50.9 Å². The van der Waals surface area contributed by atoms with E-state index in [-0.39, 0.29) is 5.90 Å². The van der Waals surface area contributed by atoms with Crippen molar-refractivity contribution in [3.8, 4) is 18.2 Å². The average molecular weight is 375 g/mol. The quantitative estimate of drug-likeness (QED) is 0.859. The molecule has 2 aliphatic heterocycles. The van der Waals surface area contributed by atoms with Crippen LogP contribution < -0.4 is 0 Å². The Morgan fingerprint density at radius 1 is 1.21 bits per heavy atom. The van der Waals surface area contributed by atoms with E-state index in [1.165, 1.54) is 0 Å². The third-order valence-corrected chi connectivity index (χ3v) is 6.72. The second-order valence-corrected chi connectivity index (χ2v) is 7.95. The van der Waals surface area contributed by atoms with E-state index in [1.54, 1.807) is 24.5 Å². The molecule has 142 valence electrons. The molecule has 5 atom stereocenters. The summed E-state index contributed by atoms with van der Waals surface area (Å²) in [5.41, 5.74) is -2.95. The van der Waals surface area contributed by atoms with Gasteiger partial charge in [0.15, 0.2) is 5.41 Å². The van der Waals surface area contributed by atoms with Gasteiger partial charge < -0.3 is 9.47 Å². The van der Waals surface area contributed by atoms with E-state index in [1.807, 2.05) is 0 Å². The monoisotopic (exact) mass is 375 g/mol. The number of rotatable bonds is 3. The number of aromatic nitrogens is 1. The first-order valence-electron chi connectivity index (χ1n) is 9.63. The second kappa shape index (κ2) is 6.30. The highest BCUT2D eigenvalue weighted by Crippen LogP contribution is 2.70. The highest BCUT2D eigenvalue weighted by molar-refractivity contribution is 5.89. The van der Waals surface area contributed by atoms with Crippen molar-refractivity contribution in [3.05, 3.63) is 30.1 Å². The summed E-state index contributed by atoms with van der Waals surface area (Å²) in [6.45, 7) is 2.11. The maximum absolute atomic E-state index is 10.3. The van der Waals surface area contributed by atoms with Crippen molar-refractivity contribution in [2.24, 2.45) is 22.7 Å². The molecule has 2 bridgehead atoms. The Hall–Kier alpha value is -2.95. The Balaban J connectivity index is 1.93. The lowest BCUT2D eigenvalue weighted by Gasteiger charge is -2.52. The van der Waals surface area contributed by atoms with Crippen molar-refractivity contribution in [1.82, 2.24) is 4.98 Å². The molecule has 3 heterocycles. The van der Waals surface area contributed by atoms with Crippen LogP contribution in [-0.4, -0.2) is 16.7 Å². The van der Waals surface area contributed by atoms with Crippen LogP contribution in [0.25, 0.3) is 0 Å². The van der Waals surface area contributed by atoms with Gasteiger partial charge in [0.2, 0.25) is 17.1 Å². The lowest BCUT2D eigenvalue weighted by Crippen LogP contribution is -2.61. The van der Waals surface area contributed by atoms with Gasteiger partial charge in [-0.1, -0.05) is 19.8 Å². The third-order valence-electron chi connectivity index (χ3n) is 6.72. The molecule has 0 amide bonds. The van der Waals surface area contributed by atoms with E-state index in [9.17, 15) is 15.8 Å². The van der Waals surface area contributed by atoms with Crippen LogP contribution in [0.1, 0.15) is 50.7 Å². The van der Waals surface area contributed by atoms with Gasteiger partial charge >= 0.3 is 0 Å². The fraction of sp³-hybridized carbons (Fsp3) is 0.571. The molecule has 28 heavy (non-hydrogen) atoms. The molecule has 3 aliphatic rings. The summed E-state index contributed by atoms with van der Waals surface area (Å²) in [7, 11) is 0. The van der Waals surface area contributed by atoms with Crippen LogP contribution in [0.4, 0.5) is 0 Å². The first kappa shape index (κ1) is 18.4. The van der Waals surface area contributed by atoms with Crippen LogP contribution >= 0.6 is 0 Å². The minimum absolute atomic E-state index is 0.309. The number of hydrogen-bond donors (Lipinski definition) is 1. The summed E-state index contributed by atoms with van der Waals surface area (Å²) in [6, 6.07) is 9.77. The zero-order chi connectivity index (χ0) is 20.0. The van der Waals surface area contributed by atoms with Crippen molar-refractivity contribution < 1.29 is 9.47 Å². The van der Waals surface area contributed by atoms with Crippen LogP contribution in [-0.2, 0) is 9.47 Å². The van der Waals surface area contributed by atoms with Crippen LogP contribution in [0.5, 0.6) is 0 Å². The van der Waals surface area contributed by atoms with E-state index in [0.29, 0.717) is 24.3 Å². The molecular weight excluding hydrogens is 354 g/mol. The Kier molecular flexibility index (Phi) is 4.14. The molecule has 0 spiro atoms. The van der Waals surface area contributed by atoms with E-state index in [2.05, 4.69) is 30.1 Å². The molecule has 1 aromatic heterocycles. The molecular formula is C21H21N5O2. The minimum atomic E-state index is -1.88. The number of pyridine rings is 1. The lowest BCUT2D eigenvalue weighted by atomic mass is 9.50. The van der Waals surface area contributed by atoms with Gasteiger partial charge in [0.1, 0.15) is 6.10 Å². The predicted molar refractivity (Wildman–Crippen MR) is 97.0 cm³/mol. The predicted octanol–water partition coefficient (Wildman–Crippen LogP) is 3.62. The first-order chi connectivity index (χ1) is 13.5. The van der Waals surface area contributed by atoms with Crippen molar-refractivity contribution in [3.63, 3.8) is 0 Å². The van der Waals surface area contributed by atoms with E-state index in [4.69, 9.17) is 14.9 Å². The van der Waals surface area contributed by atoms with Crippen LogP contribution in [0, 0.1) is 62.1 Å². The summed E-state index contributed by atoms with van der Waals surface area (Å²) in [5, 5.41) is 39.3. The van der Waals surface area contributed by atoms with E-state index in [0.717, 1.165) is 19.3 Å². The van der Waals surface area contributed by atoms with Gasteiger partial charge in [0.05, 0.1) is 24.1 Å². The average Bonchev–Trinajstić information content (AvgIpc) is 2.93. The Labute approximate surface area is 164 Å². The number of hydrogen-bond acceptors (Lipinski definition) is 7. The zero-order valence-electron chi connectivity index (χ0n) is 15.7. The van der Waals surface area contributed by atoms with E-state index < -0.39 is 28.6 Å². The van der Waals surface area contributed by atoms with E-state index >= 15 is 0 Å². The van der Waals surface area contributed by atoms with Gasteiger partial charge in [-0.05, 0) is 36.5 Å². The van der Waals surface area contributed by atoms with Gasteiger partial charge in [-0.25, -0.2) is 0 Å². The summed E-state index contributed by atoms with van der Waals surface area (Å²) in [4.78, 5) is 4.00. The third kappa shape index (κ3) is 2.04. The zero-order valence-corrected chi connectivity index (χ0v) is 15.7.